The number of aromatic amines is 1. The molecule has 2 rings (SSSR count). The molecule has 0 saturated heterocycles. The number of thioether (sulfide) groups is 1. The van der Waals surface area contributed by atoms with Crippen LogP contribution in [0.3, 0.4) is 0 Å². The van der Waals surface area contributed by atoms with Gasteiger partial charge in [0.15, 0.2) is 5.82 Å². The Kier molecular flexibility index (Phi) is 4.28. The summed E-state index contributed by atoms with van der Waals surface area (Å²) in [4.78, 5) is 4.36. The number of hydrogen-bond acceptors (Lipinski definition) is 4. The van der Waals surface area contributed by atoms with Crippen LogP contribution < -0.4 is 4.74 Å². The van der Waals surface area contributed by atoms with Crippen LogP contribution in [0.2, 0.25) is 0 Å². The standard InChI is InChI=1S/C12H12ClN3OS/c1-8(13)7-18-12-14-11(15-16-12)9-3-5-10(17-2)6-4-9/h3-6H,1,7H2,2H3,(H,14,15,16). The molecule has 4 nitrogen and oxygen atoms in total. The third-order valence-electron chi connectivity index (χ3n) is 2.19. The fourth-order valence-corrected chi connectivity index (χ4v) is 2.05. The third-order valence-corrected chi connectivity index (χ3v) is 3.41. The van der Waals surface area contributed by atoms with Gasteiger partial charge in [-0.15, -0.1) is 5.10 Å². The molecule has 1 N–H and O–H groups in total. The molecule has 0 radical (unpaired) electrons. The number of nitrogens with zero attached hydrogens (tertiary/aromatic N) is 2. The van der Waals surface area contributed by atoms with Gasteiger partial charge in [-0.05, 0) is 24.3 Å². The Labute approximate surface area is 114 Å². The summed E-state index contributed by atoms with van der Waals surface area (Å²) >= 11 is 7.13. The zero-order valence-electron chi connectivity index (χ0n) is 9.81. The van der Waals surface area contributed by atoms with Gasteiger partial charge in [-0.1, -0.05) is 29.9 Å². The minimum atomic E-state index is 0.579. The normalized spacial score (nSPS) is 10.3. The smallest absolute Gasteiger partial charge is 0.209 e. The summed E-state index contributed by atoms with van der Waals surface area (Å²) in [6.07, 6.45) is 0. The molecule has 0 unspecified atom stereocenters. The van der Waals surface area contributed by atoms with E-state index in [2.05, 4.69) is 21.8 Å². The molecule has 1 heterocycles. The van der Waals surface area contributed by atoms with Gasteiger partial charge in [0.05, 0.1) is 7.11 Å². The van der Waals surface area contributed by atoms with E-state index in [0.29, 0.717) is 15.9 Å². The third kappa shape index (κ3) is 3.27. The number of nitrogens with one attached hydrogen (secondary N) is 1. The molecule has 0 spiro atoms. The van der Waals surface area contributed by atoms with Gasteiger partial charge in [-0.25, -0.2) is 4.98 Å². The van der Waals surface area contributed by atoms with Crippen molar-refractivity contribution in [1.82, 2.24) is 15.2 Å². The van der Waals surface area contributed by atoms with E-state index in [0.717, 1.165) is 17.1 Å². The molecule has 0 fully saturated rings. The minimum absolute atomic E-state index is 0.579. The van der Waals surface area contributed by atoms with Gasteiger partial charge < -0.3 is 4.74 Å². The maximum Gasteiger partial charge on any atom is 0.209 e. The molecule has 0 atom stereocenters. The maximum absolute atomic E-state index is 5.69. The van der Waals surface area contributed by atoms with E-state index in [1.165, 1.54) is 11.8 Å². The van der Waals surface area contributed by atoms with Crippen molar-refractivity contribution in [2.45, 2.75) is 5.16 Å². The Bertz CT molecular complexity index is 539. The summed E-state index contributed by atoms with van der Waals surface area (Å²) < 4.78 is 5.10. The van der Waals surface area contributed by atoms with Crippen LogP contribution in [0.15, 0.2) is 41.0 Å². The Hall–Kier alpha value is -1.46. The molecule has 0 aliphatic heterocycles. The predicted molar refractivity (Wildman–Crippen MR) is 74.1 cm³/mol. The van der Waals surface area contributed by atoms with Crippen molar-refractivity contribution in [3.63, 3.8) is 0 Å². The number of benzene rings is 1. The first kappa shape index (κ1) is 13.0. The van der Waals surface area contributed by atoms with Gasteiger partial charge in [0.1, 0.15) is 5.75 Å². The molecule has 18 heavy (non-hydrogen) atoms. The lowest BCUT2D eigenvalue weighted by Crippen LogP contribution is -1.84. The average molecular weight is 282 g/mol. The number of ether oxygens (including phenoxy) is 1. The first-order valence-corrected chi connectivity index (χ1v) is 6.58. The Morgan fingerprint density at radius 2 is 2.17 bits per heavy atom. The summed E-state index contributed by atoms with van der Waals surface area (Å²) in [6.45, 7) is 3.62. The number of H-pyrrole nitrogens is 1. The lowest BCUT2D eigenvalue weighted by molar-refractivity contribution is 0.415. The summed E-state index contributed by atoms with van der Waals surface area (Å²) in [6, 6.07) is 7.61. The fourth-order valence-electron chi connectivity index (χ4n) is 1.33. The van der Waals surface area contributed by atoms with Crippen LogP contribution in [0.25, 0.3) is 11.4 Å². The topological polar surface area (TPSA) is 50.8 Å². The molecule has 0 aliphatic carbocycles. The van der Waals surface area contributed by atoms with Gasteiger partial charge in [0.25, 0.3) is 0 Å². The number of halogens is 1. The number of aromatic nitrogens is 3. The highest BCUT2D eigenvalue weighted by Gasteiger charge is 2.06. The van der Waals surface area contributed by atoms with Crippen LogP contribution in [0.4, 0.5) is 0 Å². The van der Waals surface area contributed by atoms with Crippen LogP contribution in [0, 0.1) is 0 Å². The molecule has 94 valence electrons. The molecule has 0 bridgehead atoms. The van der Waals surface area contributed by atoms with E-state index in [-0.39, 0.29) is 0 Å². The molecule has 1 aromatic heterocycles. The molecule has 0 saturated carbocycles. The van der Waals surface area contributed by atoms with Crippen molar-refractivity contribution in [1.29, 1.82) is 0 Å². The van der Waals surface area contributed by atoms with E-state index in [1.807, 2.05) is 24.3 Å². The Morgan fingerprint density at radius 3 is 2.78 bits per heavy atom. The lowest BCUT2D eigenvalue weighted by atomic mass is 10.2. The van der Waals surface area contributed by atoms with Crippen LogP contribution in [-0.2, 0) is 0 Å². The van der Waals surface area contributed by atoms with E-state index < -0.39 is 0 Å². The van der Waals surface area contributed by atoms with Crippen LogP contribution >= 0.6 is 23.4 Å². The second-order valence-corrected chi connectivity index (χ2v) is 4.98. The maximum atomic E-state index is 5.69. The first-order valence-electron chi connectivity index (χ1n) is 5.22. The highest BCUT2D eigenvalue weighted by atomic mass is 35.5. The number of hydrogen-bond donors (Lipinski definition) is 1. The summed E-state index contributed by atoms with van der Waals surface area (Å²) in [5.41, 5.74) is 0.958. The first-order chi connectivity index (χ1) is 8.69. The van der Waals surface area contributed by atoms with Gasteiger partial charge in [-0.2, -0.15) is 0 Å². The molecule has 0 amide bonds. The van der Waals surface area contributed by atoms with E-state index in [9.17, 15) is 0 Å². The van der Waals surface area contributed by atoms with Crippen molar-refractivity contribution < 1.29 is 4.74 Å². The highest BCUT2D eigenvalue weighted by molar-refractivity contribution is 7.99. The quantitative estimate of drug-likeness (QED) is 0.854. The number of methoxy groups -OCH3 is 1. The van der Waals surface area contributed by atoms with Gasteiger partial charge in [-0.3, -0.25) is 5.10 Å². The summed E-state index contributed by atoms with van der Waals surface area (Å²) in [5, 5.41) is 8.23. The molecule has 1 aromatic carbocycles. The van der Waals surface area contributed by atoms with Crippen LogP contribution in [0.5, 0.6) is 5.75 Å². The van der Waals surface area contributed by atoms with E-state index in [1.54, 1.807) is 7.11 Å². The van der Waals surface area contributed by atoms with Crippen LogP contribution in [0.1, 0.15) is 0 Å². The molecular weight excluding hydrogens is 270 g/mol. The minimum Gasteiger partial charge on any atom is -0.497 e. The van der Waals surface area contributed by atoms with Crippen molar-refractivity contribution in [2.24, 2.45) is 0 Å². The molecular formula is C12H12ClN3OS. The summed E-state index contributed by atoms with van der Waals surface area (Å²) in [7, 11) is 1.64. The van der Waals surface area contributed by atoms with Crippen molar-refractivity contribution in [3.8, 4) is 17.1 Å². The zero-order chi connectivity index (χ0) is 13.0. The highest BCUT2D eigenvalue weighted by Crippen LogP contribution is 2.22. The second kappa shape index (κ2) is 5.93. The molecule has 2 aromatic rings. The van der Waals surface area contributed by atoms with Gasteiger partial charge in [0, 0.05) is 16.3 Å². The zero-order valence-corrected chi connectivity index (χ0v) is 11.4. The van der Waals surface area contributed by atoms with E-state index >= 15 is 0 Å². The van der Waals surface area contributed by atoms with Crippen molar-refractivity contribution in [2.75, 3.05) is 12.9 Å². The summed E-state index contributed by atoms with van der Waals surface area (Å²) in [5.74, 6) is 2.13. The Morgan fingerprint density at radius 1 is 1.44 bits per heavy atom. The Balaban J connectivity index is 2.10. The van der Waals surface area contributed by atoms with Gasteiger partial charge >= 0.3 is 0 Å². The fraction of sp³-hybridized carbons (Fsp3) is 0.167. The predicted octanol–water partition coefficient (Wildman–Crippen LogP) is 3.32. The molecule has 6 heteroatoms. The largest absolute Gasteiger partial charge is 0.497 e. The lowest BCUT2D eigenvalue weighted by Gasteiger charge is -1.99. The van der Waals surface area contributed by atoms with Gasteiger partial charge in [0.2, 0.25) is 5.16 Å². The number of rotatable bonds is 5. The SMILES string of the molecule is C=C(Cl)CSc1n[nH]c(-c2ccc(OC)cc2)n1. The average Bonchev–Trinajstić information content (AvgIpc) is 2.85. The van der Waals surface area contributed by atoms with E-state index in [4.69, 9.17) is 16.3 Å². The van der Waals surface area contributed by atoms with Crippen molar-refractivity contribution >= 4 is 23.4 Å². The van der Waals surface area contributed by atoms with Crippen LogP contribution in [-0.4, -0.2) is 28.0 Å². The monoisotopic (exact) mass is 281 g/mol. The second-order valence-electron chi connectivity index (χ2n) is 3.50. The molecule has 0 aliphatic rings. The van der Waals surface area contributed by atoms with Crippen molar-refractivity contribution in [3.05, 3.63) is 35.9 Å².